The largest absolute Gasteiger partial charge is 0.475 e. The molecule has 0 bridgehead atoms. The minimum absolute atomic E-state index is 0.368. The number of rotatable bonds is 3. The standard InChI is InChI=1S/C10H15N3O2/c1-8-2-3-9(13-12-8)15-7-10(11)4-5-14-6-10/h2-3H,4-7,11H2,1H3. The molecule has 1 atom stereocenters. The highest BCUT2D eigenvalue weighted by atomic mass is 16.5. The minimum atomic E-state index is -0.368. The third-order valence-corrected chi connectivity index (χ3v) is 2.41. The van der Waals surface area contributed by atoms with Crippen molar-refractivity contribution in [3.8, 4) is 5.88 Å². The van der Waals surface area contributed by atoms with Crippen molar-refractivity contribution >= 4 is 0 Å². The van der Waals surface area contributed by atoms with Crippen LogP contribution in [0, 0.1) is 6.92 Å². The second kappa shape index (κ2) is 4.12. The van der Waals surface area contributed by atoms with Crippen molar-refractivity contribution in [2.24, 2.45) is 5.73 Å². The molecule has 0 saturated carbocycles. The lowest BCUT2D eigenvalue weighted by Crippen LogP contribution is -2.46. The summed E-state index contributed by atoms with van der Waals surface area (Å²) in [6.07, 6.45) is 0.826. The van der Waals surface area contributed by atoms with Gasteiger partial charge in [-0.05, 0) is 19.4 Å². The van der Waals surface area contributed by atoms with Gasteiger partial charge in [-0.3, -0.25) is 0 Å². The third-order valence-electron chi connectivity index (χ3n) is 2.41. The zero-order valence-electron chi connectivity index (χ0n) is 8.77. The van der Waals surface area contributed by atoms with Crippen molar-refractivity contribution in [2.75, 3.05) is 19.8 Å². The number of ether oxygens (including phenoxy) is 2. The quantitative estimate of drug-likeness (QED) is 0.774. The van der Waals surface area contributed by atoms with Crippen molar-refractivity contribution in [3.05, 3.63) is 17.8 Å². The van der Waals surface area contributed by atoms with Crippen molar-refractivity contribution in [1.82, 2.24) is 10.2 Å². The Bertz CT molecular complexity index is 320. The molecule has 1 unspecified atom stereocenters. The van der Waals surface area contributed by atoms with E-state index in [1.54, 1.807) is 6.07 Å². The highest BCUT2D eigenvalue weighted by Crippen LogP contribution is 2.16. The lowest BCUT2D eigenvalue weighted by atomic mass is 10.0. The summed E-state index contributed by atoms with van der Waals surface area (Å²) >= 11 is 0. The van der Waals surface area contributed by atoms with Crippen molar-refractivity contribution in [3.63, 3.8) is 0 Å². The van der Waals surface area contributed by atoms with Crippen LogP contribution in [0.25, 0.3) is 0 Å². The van der Waals surface area contributed by atoms with Gasteiger partial charge < -0.3 is 15.2 Å². The van der Waals surface area contributed by atoms with E-state index in [2.05, 4.69) is 10.2 Å². The van der Waals surface area contributed by atoms with Crippen molar-refractivity contribution < 1.29 is 9.47 Å². The molecule has 1 aromatic heterocycles. The first-order chi connectivity index (χ1) is 7.18. The van der Waals surface area contributed by atoms with Gasteiger partial charge >= 0.3 is 0 Å². The molecule has 2 rings (SSSR count). The van der Waals surface area contributed by atoms with Crippen LogP contribution in [0.1, 0.15) is 12.1 Å². The van der Waals surface area contributed by atoms with Crippen LogP contribution < -0.4 is 10.5 Å². The van der Waals surface area contributed by atoms with Gasteiger partial charge in [0.25, 0.3) is 0 Å². The van der Waals surface area contributed by atoms with E-state index in [0.29, 0.717) is 25.7 Å². The van der Waals surface area contributed by atoms with Crippen LogP contribution in [-0.2, 0) is 4.74 Å². The van der Waals surface area contributed by atoms with E-state index in [-0.39, 0.29) is 5.54 Å². The summed E-state index contributed by atoms with van der Waals surface area (Å²) in [6, 6.07) is 3.65. The fraction of sp³-hybridized carbons (Fsp3) is 0.600. The second-order valence-corrected chi connectivity index (χ2v) is 3.97. The molecule has 0 amide bonds. The third kappa shape index (κ3) is 2.64. The van der Waals surface area contributed by atoms with Crippen molar-refractivity contribution in [1.29, 1.82) is 0 Å². The van der Waals surface area contributed by atoms with E-state index in [1.807, 2.05) is 13.0 Å². The average molecular weight is 209 g/mol. The number of aromatic nitrogens is 2. The first-order valence-corrected chi connectivity index (χ1v) is 4.98. The molecule has 5 nitrogen and oxygen atoms in total. The Labute approximate surface area is 88.6 Å². The molecule has 82 valence electrons. The van der Waals surface area contributed by atoms with Crippen LogP contribution in [0.2, 0.25) is 0 Å². The Morgan fingerprint density at radius 2 is 2.40 bits per heavy atom. The summed E-state index contributed by atoms with van der Waals surface area (Å²) in [4.78, 5) is 0. The smallest absolute Gasteiger partial charge is 0.233 e. The molecule has 0 spiro atoms. The van der Waals surface area contributed by atoms with Crippen LogP contribution in [0.4, 0.5) is 0 Å². The highest BCUT2D eigenvalue weighted by Gasteiger charge is 2.31. The van der Waals surface area contributed by atoms with Crippen molar-refractivity contribution in [2.45, 2.75) is 18.9 Å². The van der Waals surface area contributed by atoms with E-state index in [0.717, 1.165) is 12.1 Å². The molecular weight excluding hydrogens is 194 g/mol. The van der Waals surface area contributed by atoms with Gasteiger partial charge in [0, 0.05) is 12.7 Å². The predicted molar refractivity (Wildman–Crippen MR) is 54.6 cm³/mol. The van der Waals surface area contributed by atoms with Crippen LogP contribution >= 0.6 is 0 Å². The van der Waals surface area contributed by atoms with Gasteiger partial charge in [0.05, 0.1) is 17.8 Å². The first kappa shape index (κ1) is 10.3. The zero-order valence-corrected chi connectivity index (χ0v) is 8.77. The lowest BCUT2D eigenvalue weighted by molar-refractivity contribution is 0.149. The average Bonchev–Trinajstić information content (AvgIpc) is 2.65. The molecule has 1 aromatic rings. The van der Waals surface area contributed by atoms with Gasteiger partial charge in [-0.15, -0.1) is 5.10 Å². The number of nitrogens with zero attached hydrogens (tertiary/aromatic N) is 2. The zero-order chi connectivity index (χ0) is 10.7. The van der Waals surface area contributed by atoms with Crippen LogP contribution in [0.5, 0.6) is 5.88 Å². The Balaban J connectivity index is 1.90. The summed E-state index contributed by atoms with van der Waals surface area (Å²) in [5.41, 5.74) is 6.54. The molecule has 0 aliphatic carbocycles. The van der Waals surface area contributed by atoms with E-state index in [9.17, 15) is 0 Å². The topological polar surface area (TPSA) is 70.3 Å². The van der Waals surface area contributed by atoms with E-state index < -0.39 is 0 Å². The van der Waals surface area contributed by atoms with E-state index in [1.165, 1.54) is 0 Å². The van der Waals surface area contributed by atoms with Gasteiger partial charge in [-0.1, -0.05) is 0 Å². The highest BCUT2D eigenvalue weighted by molar-refractivity contribution is 5.10. The number of nitrogens with two attached hydrogens (primary N) is 1. The van der Waals surface area contributed by atoms with Crippen LogP contribution in [0.3, 0.4) is 0 Å². The number of hydrogen-bond acceptors (Lipinski definition) is 5. The molecule has 0 aromatic carbocycles. The van der Waals surface area contributed by atoms with Gasteiger partial charge in [0.1, 0.15) is 6.61 Å². The van der Waals surface area contributed by atoms with Gasteiger partial charge in [0.15, 0.2) is 0 Å². The fourth-order valence-electron chi connectivity index (χ4n) is 1.42. The summed E-state index contributed by atoms with van der Waals surface area (Å²) in [5.74, 6) is 0.511. The summed E-state index contributed by atoms with van der Waals surface area (Å²) in [5, 5.41) is 7.80. The molecular formula is C10H15N3O2. The minimum Gasteiger partial charge on any atom is -0.475 e. The molecule has 1 aliphatic heterocycles. The molecule has 5 heteroatoms. The lowest BCUT2D eigenvalue weighted by Gasteiger charge is -2.21. The van der Waals surface area contributed by atoms with Crippen LogP contribution in [0.15, 0.2) is 12.1 Å². The molecule has 2 heterocycles. The monoisotopic (exact) mass is 209 g/mol. The fourth-order valence-corrected chi connectivity index (χ4v) is 1.42. The molecule has 2 N–H and O–H groups in total. The second-order valence-electron chi connectivity index (χ2n) is 3.97. The molecule has 1 saturated heterocycles. The maximum atomic E-state index is 6.04. The summed E-state index contributed by atoms with van der Waals surface area (Å²) in [6.45, 7) is 3.56. The van der Waals surface area contributed by atoms with Gasteiger partial charge in [-0.2, -0.15) is 5.10 Å². The maximum absolute atomic E-state index is 6.04. The maximum Gasteiger partial charge on any atom is 0.233 e. The molecule has 0 radical (unpaired) electrons. The van der Waals surface area contributed by atoms with Gasteiger partial charge in [0.2, 0.25) is 5.88 Å². The Kier molecular flexibility index (Phi) is 2.83. The first-order valence-electron chi connectivity index (χ1n) is 4.98. The number of aryl methyl sites for hydroxylation is 1. The predicted octanol–water partition coefficient (Wildman–Crippen LogP) is 0.282. The van der Waals surface area contributed by atoms with E-state index >= 15 is 0 Å². The normalized spacial score (nSPS) is 25.5. The Morgan fingerprint density at radius 3 is 3.00 bits per heavy atom. The van der Waals surface area contributed by atoms with E-state index in [4.69, 9.17) is 15.2 Å². The SMILES string of the molecule is Cc1ccc(OCC2(N)CCOC2)nn1. The summed E-state index contributed by atoms with van der Waals surface area (Å²) in [7, 11) is 0. The Hall–Kier alpha value is -1.20. The van der Waals surface area contributed by atoms with Crippen LogP contribution in [-0.4, -0.2) is 35.6 Å². The molecule has 1 fully saturated rings. The Morgan fingerprint density at radius 1 is 1.53 bits per heavy atom. The molecule has 1 aliphatic rings. The number of hydrogen-bond donors (Lipinski definition) is 1. The van der Waals surface area contributed by atoms with Gasteiger partial charge in [-0.25, -0.2) is 0 Å². The summed E-state index contributed by atoms with van der Waals surface area (Å²) < 4.78 is 10.7. The molecule has 15 heavy (non-hydrogen) atoms.